The second kappa shape index (κ2) is 9.30. The molecule has 0 saturated carbocycles. The molecule has 0 aliphatic heterocycles. The maximum Gasteiger partial charge on any atom is 0.254 e. The third kappa shape index (κ3) is 4.32. The van der Waals surface area contributed by atoms with Gasteiger partial charge in [0.2, 0.25) is 0 Å². The molecule has 176 valence electrons. The van der Waals surface area contributed by atoms with Crippen LogP contribution in [0.1, 0.15) is 32.9 Å². The summed E-state index contributed by atoms with van der Waals surface area (Å²) in [5, 5.41) is 12.5. The first kappa shape index (κ1) is 19.2. The molecule has 1 aromatic carbocycles. The van der Waals surface area contributed by atoms with E-state index >= 15 is 0 Å². The van der Waals surface area contributed by atoms with Crippen molar-refractivity contribution in [3.05, 3.63) is 53.5 Å². The highest BCUT2D eigenvalue weighted by Crippen LogP contribution is 2.38. The van der Waals surface area contributed by atoms with E-state index in [2.05, 4.69) is 30.7 Å². The second-order valence-electron chi connectivity index (χ2n) is 7.42. The van der Waals surface area contributed by atoms with Crippen LogP contribution >= 0.6 is 0 Å². The highest BCUT2D eigenvalue weighted by Gasteiger charge is 2.20. The van der Waals surface area contributed by atoms with E-state index in [-0.39, 0.29) is 22.3 Å². The van der Waals surface area contributed by atoms with Crippen LogP contribution in [0, 0.1) is 19.7 Å². The molecule has 0 atom stereocenters. The third-order valence-electron chi connectivity index (χ3n) is 5.08. The molecule has 4 aromatic rings. The minimum absolute atomic E-state index is 0.0803. The van der Waals surface area contributed by atoms with Crippen molar-refractivity contribution < 1.29 is 18.0 Å². The zero-order valence-electron chi connectivity index (χ0n) is 22.0. The van der Waals surface area contributed by atoms with Crippen molar-refractivity contribution in [1.82, 2.24) is 30.0 Å². The van der Waals surface area contributed by atoms with Gasteiger partial charge in [0.25, 0.3) is 5.91 Å². The van der Waals surface area contributed by atoms with Gasteiger partial charge in [-0.2, -0.15) is 5.10 Å². The maximum atomic E-state index is 15.0. The van der Waals surface area contributed by atoms with E-state index in [4.69, 9.17) is 8.85 Å². The van der Waals surface area contributed by atoms with Crippen molar-refractivity contribution in [3.63, 3.8) is 0 Å². The Hall–Kier alpha value is -4.28. The topological polar surface area (TPSA) is 119 Å². The summed E-state index contributed by atoms with van der Waals surface area (Å²) in [4.78, 5) is 25.6. The molecule has 3 aromatic heterocycles. The lowest BCUT2D eigenvalue weighted by Gasteiger charge is -2.17. The Morgan fingerprint density at radius 3 is 2.68 bits per heavy atom. The van der Waals surface area contributed by atoms with Crippen LogP contribution < -0.4 is 20.7 Å². The quantitative estimate of drug-likeness (QED) is 0.375. The van der Waals surface area contributed by atoms with Crippen molar-refractivity contribution in [2.75, 3.05) is 24.7 Å². The number of aryl methyl sites for hydroxylation is 3. The highest BCUT2D eigenvalue weighted by atomic mass is 19.1. The van der Waals surface area contributed by atoms with E-state index in [9.17, 15) is 9.18 Å². The predicted octanol–water partition coefficient (Wildman–Crippen LogP) is 3.85. The molecule has 11 heteroatoms. The number of benzene rings is 1. The molecular formula is C23H25FN8O2. The average Bonchev–Trinajstić information content (AvgIpc) is 3.22. The molecule has 34 heavy (non-hydrogen) atoms. The molecule has 0 radical (unpaired) electrons. The number of nitrogens with one attached hydrogen (secondary N) is 3. The number of carbonyl (C=O) groups is 1. The van der Waals surface area contributed by atoms with E-state index in [0.29, 0.717) is 35.3 Å². The Bertz CT molecular complexity index is 1470. The highest BCUT2D eigenvalue weighted by molar-refractivity contribution is 6.01. The van der Waals surface area contributed by atoms with Crippen LogP contribution in [0.25, 0.3) is 10.9 Å². The van der Waals surface area contributed by atoms with Crippen molar-refractivity contribution in [1.29, 1.82) is 0 Å². The third-order valence-corrected chi connectivity index (χ3v) is 5.08. The molecule has 0 unspecified atom stereocenters. The van der Waals surface area contributed by atoms with Crippen molar-refractivity contribution >= 4 is 39.8 Å². The van der Waals surface area contributed by atoms with E-state index in [1.165, 1.54) is 31.6 Å². The molecular weight excluding hydrogens is 439 g/mol. The molecule has 4 rings (SSSR count). The molecule has 0 saturated heterocycles. The number of nitrogens with zero attached hydrogens (tertiary/aromatic N) is 5. The van der Waals surface area contributed by atoms with Gasteiger partial charge in [-0.05, 0) is 20.8 Å². The number of aromatic nitrogens is 5. The Labute approximate surface area is 199 Å². The summed E-state index contributed by atoms with van der Waals surface area (Å²) in [6, 6.07) is 4.42. The fourth-order valence-electron chi connectivity index (χ4n) is 3.67. The fourth-order valence-corrected chi connectivity index (χ4v) is 3.67. The lowest BCUT2D eigenvalue weighted by Crippen LogP contribution is -2.19. The largest absolute Gasteiger partial charge is 0.492 e. The first-order valence-electron chi connectivity index (χ1n) is 11.9. The van der Waals surface area contributed by atoms with Crippen molar-refractivity contribution in [2.45, 2.75) is 27.3 Å². The molecule has 0 aliphatic rings. The van der Waals surface area contributed by atoms with Crippen LogP contribution in [-0.2, 0) is 6.54 Å². The van der Waals surface area contributed by atoms with E-state index in [1.807, 2.05) is 19.2 Å². The van der Waals surface area contributed by atoms with Crippen LogP contribution in [0.2, 0.25) is 0 Å². The number of pyridine rings is 1. The van der Waals surface area contributed by atoms with Gasteiger partial charge in [0, 0.05) is 47.7 Å². The number of ether oxygens (including phenoxy) is 1. The van der Waals surface area contributed by atoms with Gasteiger partial charge in [0.15, 0.2) is 5.75 Å². The van der Waals surface area contributed by atoms with Gasteiger partial charge in [-0.3, -0.25) is 9.48 Å². The summed E-state index contributed by atoms with van der Waals surface area (Å²) < 4.78 is 44.4. The molecule has 0 bridgehead atoms. The van der Waals surface area contributed by atoms with Gasteiger partial charge in [-0.1, -0.05) is 0 Å². The smallest absolute Gasteiger partial charge is 0.254 e. The Morgan fingerprint density at radius 1 is 1.15 bits per heavy atom. The summed E-state index contributed by atoms with van der Waals surface area (Å²) in [5.41, 5.74) is 1.45. The minimum Gasteiger partial charge on any atom is -0.492 e. The maximum absolute atomic E-state index is 15.0. The summed E-state index contributed by atoms with van der Waals surface area (Å²) in [7, 11) is 1.44. The average molecular weight is 468 g/mol. The summed E-state index contributed by atoms with van der Waals surface area (Å²) in [5.74, 6) is 0.173. The van der Waals surface area contributed by atoms with Gasteiger partial charge in [-0.15, -0.1) is 0 Å². The van der Waals surface area contributed by atoms with Crippen LogP contribution in [0.5, 0.6) is 5.75 Å². The zero-order chi connectivity index (χ0) is 26.9. The standard InChI is InChI=1S/C23H25FN8O2/c1-6-32-21-14(11-27-32)16(24)8-18(22(21)34-5)30-17-9-19(26-10-15(17)23(33)25-4)31-20-7-12(2)28-13(3)29-20/h7-11H,6H2,1-5H3,(H,25,33)(H2,26,28,29,30,31)/i4D3. The first-order chi connectivity index (χ1) is 17.5. The molecule has 0 fully saturated rings. The number of rotatable bonds is 7. The van der Waals surface area contributed by atoms with E-state index in [1.54, 1.807) is 17.7 Å². The van der Waals surface area contributed by atoms with E-state index < -0.39 is 18.7 Å². The van der Waals surface area contributed by atoms with Gasteiger partial charge < -0.3 is 20.7 Å². The van der Waals surface area contributed by atoms with Crippen LogP contribution in [0.3, 0.4) is 0 Å². The van der Waals surface area contributed by atoms with Gasteiger partial charge in [-0.25, -0.2) is 19.3 Å². The SMILES string of the molecule is [2H]C([2H])([2H])NC(=O)c1cnc(Nc2cc(C)nc(C)n2)cc1Nc1cc(F)c2cnn(CC)c2c1OC. The Kier molecular flexibility index (Phi) is 5.25. The minimum atomic E-state index is -2.72. The van der Waals surface area contributed by atoms with Gasteiger partial charge in [0.1, 0.15) is 28.8 Å². The first-order valence-corrected chi connectivity index (χ1v) is 10.4. The zero-order valence-corrected chi connectivity index (χ0v) is 19.0. The second-order valence-corrected chi connectivity index (χ2v) is 7.42. The predicted molar refractivity (Wildman–Crippen MR) is 128 cm³/mol. The van der Waals surface area contributed by atoms with E-state index in [0.717, 1.165) is 5.69 Å². The summed E-state index contributed by atoms with van der Waals surface area (Å²) in [6.45, 7) is 3.17. The number of halogens is 1. The number of carbonyl (C=O) groups excluding carboxylic acids is 1. The number of hydrogen-bond acceptors (Lipinski definition) is 8. The summed E-state index contributed by atoms with van der Waals surface area (Å²) in [6.07, 6.45) is 2.63. The molecule has 0 aliphatic carbocycles. The Morgan fingerprint density at radius 2 is 1.97 bits per heavy atom. The number of amides is 1. The molecule has 10 nitrogen and oxygen atoms in total. The Balaban J connectivity index is 1.82. The van der Waals surface area contributed by atoms with Gasteiger partial charge >= 0.3 is 0 Å². The number of anilines is 4. The number of methoxy groups -OCH3 is 1. The molecule has 3 N–H and O–H groups in total. The number of hydrogen-bond donors (Lipinski definition) is 3. The number of fused-ring (bicyclic) bond motifs is 1. The summed E-state index contributed by atoms with van der Waals surface area (Å²) >= 11 is 0. The van der Waals surface area contributed by atoms with Crippen LogP contribution in [0.4, 0.5) is 27.4 Å². The van der Waals surface area contributed by atoms with Crippen LogP contribution in [0.15, 0.2) is 30.6 Å². The van der Waals surface area contributed by atoms with Crippen LogP contribution in [-0.4, -0.2) is 44.7 Å². The molecule has 3 heterocycles. The van der Waals surface area contributed by atoms with Crippen molar-refractivity contribution in [2.24, 2.45) is 0 Å². The normalized spacial score (nSPS) is 12.6. The molecule has 1 amide bonds. The lowest BCUT2D eigenvalue weighted by molar-refractivity contribution is 0.0963. The fraction of sp³-hybridized carbons (Fsp3) is 0.261. The monoisotopic (exact) mass is 467 g/mol. The lowest BCUT2D eigenvalue weighted by atomic mass is 10.1. The molecule has 0 spiro atoms. The van der Waals surface area contributed by atoms with Gasteiger partial charge in [0.05, 0.1) is 35.6 Å². The van der Waals surface area contributed by atoms with Crippen molar-refractivity contribution in [3.8, 4) is 5.75 Å².